The molecule has 6 nitrogen and oxygen atoms in total. The molecule has 0 aliphatic carbocycles. The van der Waals surface area contributed by atoms with Crippen LogP contribution in [0, 0.1) is 0 Å². The number of carbonyl (C=O) groups excluding carboxylic acids is 1. The van der Waals surface area contributed by atoms with Gasteiger partial charge in [-0.05, 0) is 30.7 Å². The molecule has 0 N–H and O–H groups in total. The summed E-state index contributed by atoms with van der Waals surface area (Å²) in [6, 6.07) is 14.7. The van der Waals surface area contributed by atoms with Crippen molar-refractivity contribution in [2.24, 2.45) is 4.99 Å². The summed E-state index contributed by atoms with van der Waals surface area (Å²) < 4.78 is 16.3. The molecule has 1 heterocycles. The van der Waals surface area contributed by atoms with Crippen LogP contribution in [0.3, 0.4) is 0 Å². The summed E-state index contributed by atoms with van der Waals surface area (Å²) in [5.74, 6) is 2.77. The fourth-order valence-corrected chi connectivity index (χ4v) is 3.58. The average molecular weight is 386 g/mol. The predicted molar refractivity (Wildman–Crippen MR) is 107 cm³/mol. The van der Waals surface area contributed by atoms with Crippen LogP contribution in [0.4, 0.5) is 5.69 Å². The van der Waals surface area contributed by atoms with Crippen molar-refractivity contribution >= 4 is 28.5 Å². The Bertz CT molecular complexity index is 811. The van der Waals surface area contributed by atoms with Gasteiger partial charge in [-0.1, -0.05) is 30.0 Å². The summed E-state index contributed by atoms with van der Waals surface area (Å²) in [6.45, 7) is 0.591. The first-order valence-electron chi connectivity index (χ1n) is 8.63. The van der Waals surface area contributed by atoms with Crippen molar-refractivity contribution in [3.05, 3.63) is 48.5 Å². The van der Waals surface area contributed by atoms with E-state index in [1.165, 1.54) is 0 Å². The molecule has 1 aliphatic heterocycles. The summed E-state index contributed by atoms with van der Waals surface area (Å²) in [5.41, 5.74) is 0.628. The van der Waals surface area contributed by atoms with Gasteiger partial charge in [0.15, 0.2) is 11.8 Å². The molecule has 142 valence electrons. The molecule has 1 aliphatic rings. The van der Waals surface area contributed by atoms with Crippen LogP contribution < -0.4 is 14.2 Å². The standard InChI is InChI=1S/C20H22N2O4S/c1-24-16-9-10-18(25-2)17(13-16)21-20-22(11-6-12-27-20)19(23)14-26-15-7-4-3-5-8-15/h3-5,7-10,13H,6,11-12,14H2,1-2H3. The van der Waals surface area contributed by atoms with Crippen molar-refractivity contribution in [3.8, 4) is 17.2 Å². The van der Waals surface area contributed by atoms with E-state index in [9.17, 15) is 4.79 Å². The molecule has 0 atom stereocenters. The Hall–Kier alpha value is -2.67. The Morgan fingerprint density at radius 3 is 2.67 bits per heavy atom. The van der Waals surface area contributed by atoms with Gasteiger partial charge in [0.2, 0.25) is 0 Å². The van der Waals surface area contributed by atoms with Gasteiger partial charge in [0.25, 0.3) is 5.91 Å². The maximum atomic E-state index is 12.7. The molecular formula is C20H22N2O4S. The number of nitrogens with zero attached hydrogens (tertiary/aromatic N) is 2. The van der Waals surface area contributed by atoms with Crippen molar-refractivity contribution in [2.75, 3.05) is 33.1 Å². The van der Waals surface area contributed by atoms with Gasteiger partial charge in [0.1, 0.15) is 22.9 Å². The van der Waals surface area contributed by atoms with Crippen LogP contribution in [0.2, 0.25) is 0 Å². The van der Waals surface area contributed by atoms with Crippen molar-refractivity contribution in [2.45, 2.75) is 6.42 Å². The Labute approximate surface area is 163 Å². The van der Waals surface area contributed by atoms with Crippen LogP contribution in [-0.2, 0) is 4.79 Å². The molecule has 0 aromatic heterocycles. The molecule has 1 saturated heterocycles. The first-order valence-corrected chi connectivity index (χ1v) is 9.61. The lowest BCUT2D eigenvalue weighted by Crippen LogP contribution is -2.41. The number of thioether (sulfide) groups is 1. The second-order valence-corrected chi connectivity index (χ2v) is 6.84. The predicted octanol–water partition coefficient (Wildman–Crippen LogP) is 3.74. The Balaban J connectivity index is 1.78. The second kappa shape index (κ2) is 9.32. The Morgan fingerprint density at radius 1 is 1.11 bits per heavy atom. The maximum Gasteiger partial charge on any atom is 0.266 e. The van der Waals surface area contributed by atoms with E-state index in [1.54, 1.807) is 43.0 Å². The second-order valence-electron chi connectivity index (χ2n) is 5.78. The van der Waals surface area contributed by atoms with Crippen LogP contribution in [0.5, 0.6) is 17.2 Å². The highest BCUT2D eigenvalue weighted by molar-refractivity contribution is 8.13. The Kier molecular flexibility index (Phi) is 6.59. The van der Waals surface area contributed by atoms with E-state index in [4.69, 9.17) is 14.2 Å². The number of para-hydroxylation sites is 1. The zero-order valence-corrected chi connectivity index (χ0v) is 16.2. The van der Waals surface area contributed by atoms with E-state index in [2.05, 4.69) is 4.99 Å². The number of hydrogen-bond donors (Lipinski definition) is 0. The molecule has 2 aromatic rings. The van der Waals surface area contributed by atoms with Gasteiger partial charge >= 0.3 is 0 Å². The van der Waals surface area contributed by atoms with Crippen LogP contribution in [0.25, 0.3) is 0 Å². The number of amidine groups is 1. The van der Waals surface area contributed by atoms with Gasteiger partial charge in [-0.15, -0.1) is 0 Å². The lowest BCUT2D eigenvalue weighted by Gasteiger charge is -2.27. The number of methoxy groups -OCH3 is 2. The molecular weight excluding hydrogens is 364 g/mol. The van der Waals surface area contributed by atoms with Crippen molar-refractivity contribution in [1.29, 1.82) is 0 Å². The zero-order chi connectivity index (χ0) is 19.1. The topological polar surface area (TPSA) is 60.4 Å². The number of benzene rings is 2. The normalized spacial score (nSPS) is 15.5. The molecule has 0 spiro atoms. The fraction of sp³-hybridized carbons (Fsp3) is 0.300. The highest BCUT2D eigenvalue weighted by Gasteiger charge is 2.24. The van der Waals surface area contributed by atoms with E-state index in [1.807, 2.05) is 36.4 Å². The largest absolute Gasteiger partial charge is 0.497 e. The summed E-state index contributed by atoms with van der Waals surface area (Å²) in [4.78, 5) is 19.1. The minimum atomic E-state index is -0.119. The summed E-state index contributed by atoms with van der Waals surface area (Å²) in [5, 5.41) is 0.648. The highest BCUT2D eigenvalue weighted by Crippen LogP contribution is 2.33. The monoisotopic (exact) mass is 386 g/mol. The number of hydrogen-bond acceptors (Lipinski definition) is 6. The van der Waals surface area contributed by atoms with Crippen LogP contribution in [0.1, 0.15) is 6.42 Å². The third-order valence-corrected chi connectivity index (χ3v) is 5.06. The minimum Gasteiger partial charge on any atom is -0.497 e. The molecule has 0 unspecified atom stereocenters. The van der Waals surface area contributed by atoms with Gasteiger partial charge < -0.3 is 14.2 Å². The average Bonchev–Trinajstić information content (AvgIpc) is 2.73. The van der Waals surface area contributed by atoms with Crippen molar-refractivity contribution in [3.63, 3.8) is 0 Å². The first-order chi connectivity index (χ1) is 13.2. The van der Waals surface area contributed by atoms with Gasteiger partial charge in [-0.25, -0.2) is 4.99 Å². The lowest BCUT2D eigenvalue weighted by atomic mass is 10.3. The molecule has 0 bridgehead atoms. The van der Waals surface area contributed by atoms with Crippen LogP contribution >= 0.6 is 11.8 Å². The molecule has 0 radical (unpaired) electrons. The number of amides is 1. The van der Waals surface area contributed by atoms with E-state index in [0.717, 1.165) is 12.2 Å². The minimum absolute atomic E-state index is 0.0289. The molecule has 2 aromatic carbocycles. The van der Waals surface area contributed by atoms with Crippen molar-refractivity contribution < 1.29 is 19.0 Å². The Morgan fingerprint density at radius 2 is 1.93 bits per heavy atom. The molecule has 3 rings (SSSR count). The lowest BCUT2D eigenvalue weighted by molar-refractivity contribution is -0.129. The number of aliphatic imine (C=N–C) groups is 1. The molecule has 27 heavy (non-hydrogen) atoms. The molecule has 7 heteroatoms. The fourth-order valence-electron chi connectivity index (χ4n) is 2.61. The quantitative estimate of drug-likeness (QED) is 0.757. The van der Waals surface area contributed by atoms with Gasteiger partial charge in [0.05, 0.1) is 14.2 Å². The van der Waals surface area contributed by atoms with Crippen LogP contribution in [-0.4, -0.2) is 49.1 Å². The summed E-state index contributed by atoms with van der Waals surface area (Å²) in [6.07, 6.45) is 0.913. The summed E-state index contributed by atoms with van der Waals surface area (Å²) >= 11 is 1.55. The van der Waals surface area contributed by atoms with Gasteiger partial charge in [0, 0.05) is 18.4 Å². The van der Waals surface area contributed by atoms with E-state index in [0.29, 0.717) is 34.6 Å². The number of ether oxygens (including phenoxy) is 3. The molecule has 1 fully saturated rings. The van der Waals surface area contributed by atoms with E-state index >= 15 is 0 Å². The summed E-state index contributed by atoms with van der Waals surface area (Å²) in [7, 11) is 3.20. The highest BCUT2D eigenvalue weighted by atomic mass is 32.2. The van der Waals surface area contributed by atoms with Crippen LogP contribution in [0.15, 0.2) is 53.5 Å². The smallest absolute Gasteiger partial charge is 0.266 e. The van der Waals surface area contributed by atoms with Gasteiger partial charge in [-0.3, -0.25) is 9.69 Å². The third kappa shape index (κ3) is 4.95. The number of carbonyl (C=O) groups is 1. The van der Waals surface area contributed by atoms with Gasteiger partial charge in [-0.2, -0.15) is 0 Å². The SMILES string of the molecule is COc1ccc(OC)c(N=C2SCCCN2C(=O)COc2ccccc2)c1. The number of rotatable bonds is 6. The zero-order valence-electron chi connectivity index (χ0n) is 15.4. The first kappa shape index (κ1) is 19.1. The molecule has 1 amide bonds. The third-order valence-electron chi connectivity index (χ3n) is 4.00. The van der Waals surface area contributed by atoms with E-state index < -0.39 is 0 Å². The van der Waals surface area contributed by atoms with E-state index in [-0.39, 0.29) is 12.5 Å². The maximum absolute atomic E-state index is 12.7. The van der Waals surface area contributed by atoms with Crippen molar-refractivity contribution in [1.82, 2.24) is 4.90 Å². The molecule has 0 saturated carbocycles.